The topological polar surface area (TPSA) is 54.4 Å². The molecule has 29 heavy (non-hydrogen) atoms. The predicted molar refractivity (Wildman–Crippen MR) is 56.5 cm³/mol. The molecule has 174 valence electrons. The average molecular weight is 494 g/mol. The maximum Gasteiger partial charge on any atom is 0.445 e. The first-order chi connectivity index (χ1) is 12.2. The fourth-order valence-electron chi connectivity index (χ4n) is 1.32. The summed E-state index contributed by atoms with van der Waals surface area (Å²) < 4.78 is 231. The van der Waals surface area contributed by atoms with Gasteiger partial charge in [-0.1, -0.05) is 0 Å². The van der Waals surface area contributed by atoms with Crippen molar-refractivity contribution in [3.8, 4) is 0 Å². The lowest BCUT2D eigenvalue weighted by Crippen LogP contribution is -2.70. The van der Waals surface area contributed by atoms with Crippen LogP contribution >= 0.6 is 0 Å². The van der Waals surface area contributed by atoms with Gasteiger partial charge in [-0.15, -0.1) is 0 Å². The number of rotatable bonds is 7. The fourth-order valence-corrected chi connectivity index (χ4v) is 1.77. The number of hydrogen-bond donors (Lipinski definition) is 1. The molecule has 0 saturated carbocycles. The molecule has 1 unspecified atom stereocenters. The van der Waals surface area contributed by atoms with E-state index in [1.165, 1.54) is 0 Å². The van der Waals surface area contributed by atoms with Gasteiger partial charge < -0.3 is 0 Å². The summed E-state index contributed by atoms with van der Waals surface area (Å²) in [7, 11) is -7.75. The molecule has 1 atom stereocenters. The van der Waals surface area contributed by atoms with E-state index in [9.17, 15) is 78.7 Å². The van der Waals surface area contributed by atoms with Crippen molar-refractivity contribution in [2.24, 2.45) is 0 Å². The maximum absolute atomic E-state index is 13.1. The van der Waals surface area contributed by atoms with Crippen LogP contribution in [0.25, 0.3) is 0 Å². The minimum absolute atomic E-state index is 4.53. The van der Waals surface area contributed by atoms with Gasteiger partial charge in [0.2, 0.25) is 12.0 Å². The second kappa shape index (κ2) is 7.05. The van der Waals surface area contributed by atoms with Crippen molar-refractivity contribution in [2.75, 3.05) is 0 Å². The van der Waals surface area contributed by atoms with Crippen molar-refractivity contribution >= 4 is 10.1 Å². The molecular weight excluding hydrogens is 492 g/mol. The molecule has 0 aliphatic carbocycles. The van der Waals surface area contributed by atoms with Crippen molar-refractivity contribution in [2.45, 2.75) is 41.3 Å². The van der Waals surface area contributed by atoms with Gasteiger partial charge in [0, 0.05) is 0 Å². The van der Waals surface area contributed by atoms with Gasteiger partial charge in [-0.25, -0.2) is 8.78 Å². The van der Waals surface area contributed by atoms with Crippen LogP contribution in [-0.4, -0.2) is 54.3 Å². The second-order valence-corrected chi connectivity index (χ2v) is 6.32. The Morgan fingerprint density at radius 1 is 0.690 bits per heavy atom. The third kappa shape index (κ3) is 3.96. The van der Waals surface area contributed by atoms with E-state index in [1.807, 2.05) is 0 Å². The van der Waals surface area contributed by atoms with Crippen LogP contribution in [0.4, 0.5) is 70.2 Å². The zero-order chi connectivity index (χ0) is 24.2. The molecule has 3 nitrogen and oxygen atoms in total. The third-order valence-electron chi connectivity index (χ3n) is 2.90. The largest absolute Gasteiger partial charge is 0.445 e. The summed E-state index contributed by atoms with van der Waals surface area (Å²) in [5, 5.41) is -7.65. The smallest absolute Gasteiger partial charge is 0.281 e. The molecule has 1 N–H and O–H groups in total. The van der Waals surface area contributed by atoms with Crippen molar-refractivity contribution < 1.29 is 83.2 Å². The molecule has 0 aromatic rings. The summed E-state index contributed by atoms with van der Waals surface area (Å²) in [6.45, 7) is 0. The van der Waals surface area contributed by atoms with E-state index in [2.05, 4.69) is 0 Å². The number of alkyl halides is 14. The van der Waals surface area contributed by atoms with E-state index >= 15 is 0 Å². The van der Waals surface area contributed by atoms with E-state index in [0.29, 0.717) is 0 Å². The summed E-state index contributed by atoms with van der Waals surface area (Å²) in [5.74, 6) is -41.8. The maximum atomic E-state index is 13.1. The molecule has 0 aliphatic rings. The molecule has 0 spiro atoms. The minimum Gasteiger partial charge on any atom is -0.281 e. The van der Waals surface area contributed by atoms with Gasteiger partial charge in [-0.2, -0.15) is 69.9 Å². The minimum atomic E-state index is -8.39. The Labute approximate surface area is 147 Å². The van der Waals surface area contributed by atoms with Crippen LogP contribution in [0.2, 0.25) is 0 Å². The summed E-state index contributed by atoms with van der Waals surface area (Å²) in [4.78, 5) is 0. The molecule has 0 bridgehead atoms. The van der Waals surface area contributed by atoms with Gasteiger partial charge in [0.1, 0.15) is 0 Å². The van der Waals surface area contributed by atoms with Gasteiger partial charge in [0.05, 0.1) is 0 Å². The quantitative estimate of drug-likeness (QED) is 0.398. The first-order valence-corrected chi connectivity index (χ1v) is 7.29. The van der Waals surface area contributed by atoms with Crippen molar-refractivity contribution in [1.29, 1.82) is 0 Å². The lowest BCUT2D eigenvalue weighted by molar-refractivity contribution is -0.395. The molecule has 0 aromatic carbocycles. The van der Waals surface area contributed by atoms with Crippen LogP contribution in [0.5, 0.6) is 0 Å². The average Bonchev–Trinajstić information content (AvgIpc) is 2.49. The Morgan fingerprint density at radius 3 is 1.31 bits per heavy atom. The van der Waals surface area contributed by atoms with Crippen LogP contribution in [0.3, 0.4) is 0 Å². The van der Waals surface area contributed by atoms with E-state index < -0.39 is 63.1 Å². The summed E-state index contributed by atoms with van der Waals surface area (Å²) in [6.07, 6.45) is -12.8. The highest BCUT2D eigenvalue weighted by Gasteiger charge is 2.90. The van der Waals surface area contributed by atoms with E-state index in [1.54, 1.807) is 0 Å². The van der Waals surface area contributed by atoms with Gasteiger partial charge in [0.15, 0.2) is 5.83 Å². The van der Waals surface area contributed by atoms with Crippen molar-refractivity contribution in [3.63, 3.8) is 0 Å². The Kier molecular flexibility index (Phi) is 6.69. The first kappa shape index (κ1) is 27.5. The van der Waals surface area contributed by atoms with E-state index in [4.69, 9.17) is 4.55 Å². The van der Waals surface area contributed by atoms with Gasteiger partial charge >= 0.3 is 45.2 Å². The normalized spacial score (nSPS) is 17.8. The zero-order valence-corrected chi connectivity index (χ0v) is 13.1. The molecule has 0 saturated heterocycles. The predicted octanol–water partition coefficient (Wildman–Crippen LogP) is 5.06. The summed E-state index contributed by atoms with van der Waals surface area (Å²) in [6, 6.07) is 0. The molecule has 0 radical (unpaired) electrons. The van der Waals surface area contributed by atoms with Crippen LogP contribution in [0.1, 0.15) is 0 Å². The highest BCUT2D eigenvalue weighted by Crippen LogP contribution is 2.59. The molecular formula is C9H2F16O3S. The lowest BCUT2D eigenvalue weighted by atomic mass is 9.94. The highest BCUT2D eigenvalue weighted by molar-refractivity contribution is 7.87. The van der Waals surface area contributed by atoms with Gasteiger partial charge in [-0.05, 0) is 0 Å². The molecule has 0 aromatic heterocycles. The molecule has 0 heterocycles. The van der Waals surface area contributed by atoms with Crippen LogP contribution in [-0.2, 0) is 10.1 Å². The summed E-state index contributed by atoms with van der Waals surface area (Å²) >= 11 is 0. The van der Waals surface area contributed by atoms with Crippen LogP contribution < -0.4 is 0 Å². The zero-order valence-electron chi connectivity index (χ0n) is 12.3. The monoisotopic (exact) mass is 494 g/mol. The molecule has 0 aliphatic heterocycles. The van der Waals surface area contributed by atoms with E-state index in [0.717, 1.165) is 0 Å². The van der Waals surface area contributed by atoms with E-state index in [-0.39, 0.29) is 0 Å². The summed E-state index contributed by atoms with van der Waals surface area (Å²) in [5.41, 5.74) is 0. The highest BCUT2D eigenvalue weighted by atomic mass is 32.2. The Morgan fingerprint density at radius 2 is 1.03 bits per heavy atom. The SMILES string of the molecule is O=S(=O)(O)C(F)(F)C(F)(F)C(F)(F)C(F)(F)C(F)(F)C(F)C(F)=C(F)C(F)(F)F. The number of halogens is 16. The molecule has 0 fully saturated rings. The van der Waals surface area contributed by atoms with Gasteiger partial charge in [0.25, 0.3) is 0 Å². The van der Waals surface area contributed by atoms with Crippen molar-refractivity contribution in [1.82, 2.24) is 0 Å². The Hall–Kier alpha value is -1.47. The third-order valence-corrected chi connectivity index (χ3v) is 3.80. The number of hydrogen-bond acceptors (Lipinski definition) is 2. The molecule has 20 heteroatoms. The van der Waals surface area contributed by atoms with Crippen LogP contribution in [0, 0.1) is 0 Å². The molecule has 0 amide bonds. The van der Waals surface area contributed by atoms with Gasteiger partial charge in [-0.3, -0.25) is 4.55 Å². The standard InChI is InChI=1S/C9H2F16O3S/c10-1(3(12)5(15,16)17)2(11)4(13,14)6(18,19)7(20,21)8(22,23)9(24,25)29(26,27)28/h2H,(H,26,27,28). The second-order valence-electron chi connectivity index (χ2n) is 4.86. The Balaban J connectivity index is 6.67. The lowest BCUT2D eigenvalue weighted by Gasteiger charge is -2.39. The van der Waals surface area contributed by atoms with Crippen LogP contribution in [0.15, 0.2) is 11.7 Å². The first-order valence-electron chi connectivity index (χ1n) is 5.85. The molecule has 0 rings (SSSR count). The fraction of sp³-hybridized carbons (Fsp3) is 0.778. The van der Waals surface area contributed by atoms with Crippen molar-refractivity contribution in [3.05, 3.63) is 11.7 Å². The number of allylic oxidation sites excluding steroid dienone is 2. The Bertz CT molecular complexity index is 763.